The van der Waals surface area contributed by atoms with Crippen molar-refractivity contribution in [2.45, 2.75) is 13.3 Å². The minimum absolute atomic E-state index is 0.337. The maximum Gasteiger partial charge on any atom is 0.0850 e. The standard InChI is InChI=1S/C12H9Cl2N3/c1-8-9(5-6-15)7-16-17(8)11-4-2-3-10(13)12(11)14/h2-4,7H,5H2,1H3. The molecule has 1 aromatic carbocycles. The van der Waals surface area contributed by atoms with Crippen molar-refractivity contribution in [3.63, 3.8) is 0 Å². The number of nitriles is 1. The Morgan fingerprint density at radius 1 is 1.41 bits per heavy atom. The van der Waals surface area contributed by atoms with E-state index in [9.17, 15) is 0 Å². The van der Waals surface area contributed by atoms with Gasteiger partial charge < -0.3 is 0 Å². The monoisotopic (exact) mass is 265 g/mol. The van der Waals surface area contributed by atoms with Gasteiger partial charge in [0, 0.05) is 11.3 Å². The molecular weight excluding hydrogens is 257 g/mol. The molecule has 0 N–H and O–H groups in total. The predicted molar refractivity (Wildman–Crippen MR) is 67.6 cm³/mol. The molecule has 0 fully saturated rings. The van der Waals surface area contributed by atoms with Crippen LogP contribution in [0.1, 0.15) is 11.3 Å². The number of benzene rings is 1. The van der Waals surface area contributed by atoms with Gasteiger partial charge in [-0.2, -0.15) is 10.4 Å². The Kier molecular flexibility index (Phi) is 3.37. The molecule has 17 heavy (non-hydrogen) atoms. The molecule has 0 aliphatic heterocycles. The summed E-state index contributed by atoms with van der Waals surface area (Å²) >= 11 is 12.1. The summed E-state index contributed by atoms with van der Waals surface area (Å²) < 4.78 is 1.70. The predicted octanol–water partition coefficient (Wildman–Crippen LogP) is 3.55. The third-order valence-electron chi connectivity index (χ3n) is 2.54. The summed E-state index contributed by atoms with van der Waals surface area (Å²) in [5, 5.41) is 13.9. The maximum absolute atomic E-state index is 8.69. The van der Waals surface area contributed by atoms with Gasteiger partial charge in [-0.1, -0.05) is 29.3 Å². The molecule has 3 nitrogen and oxygen atoms in total. The molecule has 0 aliphatic rings. The van der Waals surface area contributed by atoms with E-state index in [0.29, 0.717) is 16.5 Å². The fraction of sp³-hybridized carbons (Fsp3) is 0.167. The molecule has 2 aromatic rings. The first kappa shape index (κ1) is 12.0. The van der Waals surface area contributed by atoms with Gasteiger partial charge in [0.25, 0.3) is 0 Å². The van der Waals surface area contributed by atoms with Crippen molar-refractivity contribution < 1.29 is 0 Å². The second-order valence-electron chi connectivity index (χ2n) is 3.57. The highest BCUT2D eigenvalue weighted by atomic mass is 35.5. The van der Waals surface area contributed by atoms with E-state index >= 15 is 0 Å². The van der Waals surface area contributed by atoms with Crippen molar-refractivity contribution >= 4 is 23.2 Å². The molecule has 0 atom stereocenters. The van der Waals surface area contributed by atoms with E-state index in [4.69, 9.17) is 28.5 Å². The molecule has 0 saturated heterocycles. The molecule has 1 heterocycles. The summed E-state index contributed by atoms with van der Waals surface area (Å²) in [4.78, 5) is 0. The average Bonchev–Trinajstić information content (AvgIpc) is 2.66. The summed E-state index contributed by atoms with van der Waals surface area (Å²) in [6.07, 6.45) is 2.01. The van der Waals surface area contributed by atoms with Crippen LogP contribution in [0.4, 0.5) is 0 Å². The lowest BCUT2D eigenvalue weighted by atomic mass is 10.2. The average molecular weight is 266 g/mol. The summed E-state index contributed by atoms with van der Waals surface area (Å²) in [5.74, 6) is 0. The van der Waals surface area contributed by atoms with E-state index in [1.165, 1.54) is 0 Å². The number of nitrogens with zero attached hydrogens (tertiary/aromatic N) is 3. The normalized spacial score (nSPS) is 10.2. The van der Waals surface area contributed by atoms with Gasteiger partial charge in [0.2, 0.25) is 0 Å². The van der Waals surface area contributed by atoms with Gasteiger partial charge in [0.15, 0.2) is 0 Å². The van der Waals surface area contributed by atoms with Crippen molar-refractivity contribution in [1.29, 1.82) is 5.26 Å². The smallest absolute Gasteiger partial charge is 0.0850 e. The van der Waals surface area contributed by atoms with Gasteiger partial charge >= 0.3 is 0 Å². The van der Waals surface area contributed by atoms with Crippen LogP contribution in [0.5, 0.6) is 0 Å². The molecule has 0 bridgehead atoms. The number of halogens is 2. The maximum atomic E-state index is 8.69. The van der Waals surface area contributed by atoms with Crippen LogP contribution in [0.3, 0.4) is 0 Å². The number of hydrogen-bond acceptors (Lipinski definition) is 2. The minimum Gasteiger partial charge on any atom is -0.236 e. The molecule has 0 aliphatic carbocycles. The fourth-order valence-electron chi connectivity index (χ4n) is 1.60. The topological polar surface area (TPSA) is 41.6 Å². The van der Waals surface area contributed by atoms with Gasteiger partial charge in [-0.3, -0.25) is 0 Å². The van der Waals surface area contributed by atoms with Crippen LogP contribution in [-0.4, -0.2) is 9.78 Å². The third-order valence-corrected chi connectivity index (χ3v) is 3.35. The van der Waals surface area contributed by atoms with Gasteiger partial charge in [-0.05, 0) is 19.1 Å². The van der Waals surface area contributed by atoms with E-state index in [2.05, 4.69) is 11.2 Å². The molecular formula is C12H9Cl2N3. The van der Waals surface area contributed by atoms with E-state index in [-0.39, 0.29) is 0 Å². The first-order chi connectivity index (χ1) is 8.15. The highest BCUT2D eigenvalue weighted by Gasteiger charge is 2.11. The van der Waals surface area contributed by atoms with Crippen LogP contribution in [0.25, 0.3) is 5.69 Å². The van der Waals surface area contributed by atoms with Crippen LogP contribution < -0.4 is 0 Å². The third kappa shape index (κ3) is 2.14. The Hall–Kier alpha value is -1.50. The second kappa shape index (κ2) is 4.79. The zero-order valence-corrected chi connectivity index (χ0v) is 10.6. The summed E-state index contributed by atoms with van der Waals surface area (Å²) in [5.41, 5.74) is 2.51. The van der Waals surface area contributed by atoms with Gasteiger partial charge in [0.1, 0.15) is 0 Å². The van der Waals surface area contributed by atoms with E-state index in [0.717, 1.165) is 16.9 Å². The highest BCUT2D eigenvalue weighted by Crippen LogP contribution is 2.29. The number of rotatable bonds is 2. The Bertz CT molecular complexity index is 596. The second-order valence-corrected chi connectivity index (χ2v) is 4.36. The van der Waals surface area contributed by atoms with Gasteiger partial charge in [-0.25, -0.2) is 4.68 Å². The molecule has 0 spiro atoms. The van der Waals surface area contributed by atoms with E-state index in [1.54, 1.807) is 16.9 Å². The largest absolute Gasteiger partial charge is 0.236 e. The van der Waals surface area contributed by atoms with Crippen molar-refractivity contribution in [3.05, 3.63) is 45.7 Å². The van der Waals surface area contributed by atoms with Crippen LogP contribution in [0, 0.1) is 18.3 Å². The summed E-state index contributed by atoms with van der Waals surface area (Å²) in [6, 6.07) is 7.48. The van der Waals surface area contributed by atoms with E-state index < -0.39 is 0 Å². The van der Waals surface area contributed by atoms with Crippen LogP contribution in [-0.2, 0) is 6.42 Å². The summed E-state index contributed by atoms with van der Waals surface area (Å²) in [6.45, 7) is 1.90. The molecule has 86 valence electrons. The highest BCUT2D eigenvalue weighted by molar-refractivity contribution is 6.43. The Morgan fingerprint density at radius 3 is 2.88 bits per heavy atom. The Labute approximate surface area is 109 Å². The van der Waals surface area contributed by atoms with Crippen molar-refractivity contribution in [1.82, 2.24) is 9.78 Å². The van der Waals surface area contributed by atoms with Gasteiger partial charge in [-0.15, -0.1) is 0 Å². The molecule has 0 saturated carbocycles. The fourth-order valence-corrected chi connectivity index (χ4v) is 1.98. The summed E-state index contributed by atoms with van der Waals surface area (Å²) in [7, 11) is 0. The lowest BCUT2D eigenvalue weighted by molar-refractivity contribution is 0.845. The molecule has 1 aromatic heterocycles. The molecule has 5 heteroatoms. The zero-order chi connectivity index (χ0) is 12.4. The first-order valence-corrected chi connectivity index (χ1v) is 5.75. The van der Waals surface area contributed by atoms with Gasteiger partial charge in [0.05, 0.1) is 34.4 Å². The molecule has 0 radical (unpaired) electrons. The van der Waals surface area contributed by atoms with Crippen molar-refractivity contribution in [2.24, 2.45) is 0 Å². The SMILES string of the molecule is Cc1c(CC#N)cnn1-c1cccc(Cl)c1Cl. The minimum atomic E-state index is 0.337. The quantitative estimate of drug-likeness (QED) is 0.834. The van der Waals surface area contributed by atoms with Crippen LogP contribution in [0.2, 0.25) is 10.0 Å². The zero-order valence-electron chi connectivity index (χ0n) is 9.11. The van der Waals surface area contributed by atoms with Crippen molar-refractivity contribution in [3.8, 4) is 11.8 Å². The van der Waals surface area contributed by atoms with Crippen LogP contribution >= 0.6 is 23.2 Å². The Morgan fingerprint density at radius 2 is 2.18 bits per heavy atom. The lowest BCUT2D eigenvalue weighted by Gasteiger charge is -2.08. The lowest BCUT2D eigenvalue weighted by Crippen LogP contribution is -2.00. The van der Waals surface area contributed by atoms with Crippen molar-refractivity contribution in [2.75, 3.05) is 0 Å². The number of aromatic nitrogens is 2. The van der Waals surface area contributed by atoms with Crippen LogP contribution in [0.15, 0.2) is 24.4 Å². The van der Waals surface area contributed by atoms with E-state index in [1.807, 2.05) is 19.1 Å². The molecule has 2 rings (SSSR count). The number of hydrogen-bond donors (Lipinski definition) is 0. The molecule has 0 amide bonds. The first-order valence-electron chi connectivity index (χ1n) is 5.00. The molecule has 0 unspecified atom stereocenters. The Balaban J connectivity index is 2.55.